The van der Waals surface area contributed by atoms with Crippen LogP contribution in [0.15, 0.2) is 60.2 Å². The Balaban J connectivity index is 1.95. The van der Waals surface area contributed by atoms with Crippen LogP contribution in [0.5, 0.6) is 0 Å². The maximum absolute atomic E-state index is 13.8. The van der Waals surface area contributed by atoms with Crippen molar-refractivity contribution in [2.24, 2.45) is 0 Å². The Kier molecular flexibility index (Phi) is 5.42. The SMILES string of the molecule is Cc1cccc(-n2c(C)cc(/C=C(/C#N)C(=O)Nc3ccccc3F)c2C)c1. The number of rotatable bonds is 4. The highest BCUT2D eigenvalue weighted by Gasteiger charge is 2.15. The molecule has 3 rings (SSSR count). The van der Waals surface area contributed by atoms with Crippen molar-refractivity contribution in [2.45, 2.75) is 20.8 Å². The van der Waals surface area contributed by atoms with E-state index in [-0.39, 0.29) is 11.3 Å². The topological polar surface area (TPSA) is 57.8 Å². The zero-order valence-electron chi connectivity index (χ0n) is 16.0. The van der Waals surface area contributed by atoms with Crippen molar-refractivity contribution in [3.8, 4) is 11.8 Å². The van der Waals surface area contributed by atoms with Crippen LogP contribution in [0.3, 0.4) is 0 Å². The van der Waals surface area contributed by atoms with Crippen LogP contribution in [0.25, 0.3) is 11.8 Å². The van der Waals surface area contributed by atoms with Crippen molar-refractivity contribution in [3.63, 3.8) is 0 Å². The molecule has 0 atom stereocenters. The number of benzene rings is 2. The smallest absolute Gasteiger partial charge is 0.266 e. The quantitative estimate of drug-likeness (QED) is 0.512. The van der Waals surface area contributed by atoms with Gasteiger partial charge in [0.05, 0.1) is 5.69 Å². The van der Waals surface area contributed by atoms with Gasteiger partial charge in [0.25, 0.3) is 5.91 Å². The average Bonchev–Trinajstić information content (AvgIpc) is 2.94. The molecule has 0 saturated heterocycles. The normalized spacial score (nSPS) is 11.2. The number of para-hydroxylation sites is 1. The van der Waals surface area contributed by atoms with Crippen LogP contribution in [0.2, 0.25) is 0 Å². The Morgan fingerprint density at radius 1 is 1.11 bits per heavy atom. The molecular weight excluding hydrogens is 353 g/mol. The van der Waals surface area contributed by atoms with Gasteiger partial charge in [-0.05, 0) is 68.3 Å². The van der Waals surface area contributed by atoms with Crippen molar-refractivity contribution < 1.29 is 9.18 Å². The summed E-state index contributed by atoms with van der Waals surface area (Å²) in [6.45, 7) is 5.93. The highest BCUT2D eigenvalue weighted by molar-refractivity contribution is 6.09. The number of aryl methyl sites for hydroxylation is 2. The summed E-state index contributed by atoms with van der Waals surface area (Å²) < 4.78 is 15.8. The molecular formula is C23H20FN3O. The van der Waals surface area contributed by atoms with Crippen LogP contribution in [0, 0.1) is 37.9 Å². The van der Waals surface area contributed by atoms with Gasteiger partial charge in [-0.1, -0.05) is 24.3 Å². The summed E-state index contributed by atoms with van der Waals surface area (Å²) in [5.41, 5.74) is 4.77. The molecule has 0 unspecified atom stereocenters. The number of nitrogens with one attached hydrogen (secondary N) is 1. The molecule has 5 heteroatoms. The second kappa shape index (κ2) is 7.93. The minimum Gasteiger partial charge on any atom is -0.319 e. The summed E-state index contributed by atoms with van der Waals surface area (Å²) in [4.78, 5) is 12.4. The van der Waals surface area contributed by atoms with Crippen molar-refractivity contribution in [3.05, 3.63) is 88.5 Å². The van der Waals surface area contributed by atoms with E-state index in [0.29, 0.717) is 0 Å². The first-order valence-electron chi connectivity index (χ1n) is 8.84. The molecule has 0 aliphatic rings. The zero-order chi connectivity index (χ0) is 20.3. The van der Waals surface area contributed by atoms with Gasteiger partial charge in [-0.2, -0.15) is 5.26 Å². The van der Waals surface area contributed by atoms with Crippen LogP contribution >= 0.6 is 0 Å². The van der Waals surface area contributed by atoms with E-state index < -0.39 is 11.7 Å². The maximum Gasteiger partial charge on any atom is 0.266 e. The van der Waals surface area contributed by atoms with Gasteiger partial charge >= 0.3 is 0 Å². The molecule has 1 heterocycles. The van der Waals surface area contributed by atoms with Crippen LogP contribution < -0.4 is 5.32 Å². The number of halogens is 1. The highest BCUT2D eigenvalue weighted by atomic mass is 19.1. The van der Waals surface area contributed by atoms with Gasteiger partial charge < -0.3 is 9.88 Å². The number of hydrogen-bond donors (Lipinski definition) is 1. The second-order valence-electron chi connectivity index (χ2n) is 6.60. The van der Waals surface area contributed by atoms with E-state index in [1.165, 1.54) is 24.3 Å². The zero-order valence-corrected chi connectivity index (χ0v) is 16.0. The number of nitrogens with zero attached hydrogens (tertiary/aromatic N) is 2. The number of nitriles is 1. The van der Waals surface area contributed by atoms with E-state index in [1.54, 1.807) is 6.07 Å². The Bertz CT molecular complexity index is 1120. The maximum atomic E-state index is 13.8. The molecule has 0 bridgehead atoms. The lowest BCUT2D eigenvalue weighted by Gasteiger charge is -2.10. The average molecular weight is 373 g/mol. The van der Waals surface area contributed by atoms with Crippen LogP contribution in [-0.2, 0) is 4.79 Å². The van der Waals surface area contributed by atoms with Crippen LogP contribution in [0.4, 0.5) is 10.1 Å². The van der Waals surface area contributed by atoms with E-state index in [1.807, 2.05) is 51.1 Å². The third kappa shape index (κ3) is 3.86. The predicted molar refractivity (Wildman–Crippen MR) is 109 cm³/mol. The minimum absolute atomic E-state index is 0.0406. The summed E-state index contributed by atoms with van der Waals surface area (Å²) in [5.74, 6) is -1.20. The largest absolute Gasteiger partial charge is 0.319 e. The summed E-state index contributed by atoms with van der Waals surface area (Å²) in [7, 11) is 0. The van der Waals surface area contributed by atoms with E-state index >= 15 is 0 Å². The van der Waals surface area contributed by atoms with Gasteiger partial charge in [-0.15, -0.1) is 0 Å². The molecule has 0 fully saturated rings. The van der Waals surface area contributed by atoms with Gasteiger partial charge in [0, 0.05) is 17.1 Å². The van der Waals surface area contributed by atoms with Crippen molar-refractivity contribution in [1.29, 1.82) is 5.26 Å². The molecule has 4 nitrogen and oxygen atoms in total. The van der Waals surface area contributed by atoms with E-state index in [2.05, 4.69) is 16.0 Å². The summed E-state index contributed by atoms with van der Waals surface area (Å²) in [5, 5.41) is 11.9. The molecule has 0 radical (unpaired) electrons. The molecule has 28 heavy (non-hydrogen) atoms. The number of amides is 1. The van der Waals surface area contributed by atoms with Crippen molar-refractivity contribution in [1.82, 2.24) is 4.57 Å². The highest BCUT2D eigenvalue weighted by Crippen LogP contribution is 2.24. The van der Waals surface area contributed by atoms with Gasteiger partial charge in [0.15, 0.2) is 0 Å². The lowest BCUT2D eigenvalue weighted by molar-refractivity contribution is -0.112. The Hall–Kier alpha value is -3.65. The number of aromatic nitrogens is 1. The van der Waals surface area contributed by atoms with Crippen molar-refractivity contribution >= 4 is 17.7 Å². The number of anilines is 1. The second-order valence-corrected chi connectivity index (χ2v) is 6.60. The number of carbonyl (C=O) groups is 1. The molecule has 0 aliphatic heterocycles. The Morgan fingerprint density at radius 3 is 2.54 bits per heavy atom. The molecule has 0 aliphatic carbocycles. The number of carbonyl (C=O) groups excluding carboxylic acids is 1. The van der Waals surface area contributed by atoms with Gasteiger partial charge in [0.2, 0.25) is 0 Å². The third-order valence-corrected chi connectivity index (χ3v) is 4.52. The summed E-state index contributed by atoms with van der Waals surface area (Å²) in [6.07, 6.45) is 1.53. The van der Waals surface area contributed by atoms with E-state index in [0.717, 1.165) is 28.2 Å². The molecule has 0 spiro atoms. The van der Waals surface area contributed by atoms with E-state index in [4.69, 9.17) is 0 Å². The Labute approximate surface area is 163 Å². The molecule has 1 N–H and O–H groups in total. The molecule has 2 aromatic carbocycles. The Morgan fingerprint density at radius 2 is 1.86 bits per heavy atom. The van der Waals surface area contributed by atoms with Gasteiger partial charge in [0.1, 0.15) is 17.5 Å². The van der Waals surface area contributed by atoms with Crippen LogP contribution in [-0.4, -0.2) is 10.5 Å². The van der Waals surface area contributed by atoms with Crippen molar-refractivity contribution in [2.75, 3.05) is 5.32 Å². The molecule has 140 valence electrons. The molecule has 1 aromatic heterocycles. The van der Waals surface area contributed by atoms with Crippen LogP contribution in [0.1, 0.15) is 22.5 Å². The molecule has 0 saturated carbocycles. The minimum atomic E-state index is -0.645. The fourth-order valence-corrected chi connectivity index (χ4v) is 3.15. The summed E-state index contributed by atoms with van der Waals surface area (Å²) in [6, 6.07) is 17.8. The first kappa shape index (κ1) is 19.1. The first-order chi connectivity index (χ1) is 13.4. The number of hydrogen-bond acceptors (Lipinski definition) is 2. The fraction of sp³-hybridized carbons (Fsp3) is 0.130. The van der Waals surface area contributed by atoms with E-state index in [9.17, 15) is 14.4 Å². The lowest BCUT2D eigenvalue weighted by atomic mass is 10.1. The lowest BCUT2D eigenvalue weighted by Crippen LogP contribution is -2.14. The predicted octanol–water partition coefficient (Wildman–Crippen LogP) is 5.09. The monoisotopic (exact) mass is 373 g/mol. The first-order valence-corrected chi connectivity index (χ1v) is 8.84. The standard InChI is InChI=1S/C23H20FN3O/c1-15-7-6-8-20(11-15)27-16(2)12-18(17(27)3)13-19(14-25)23(28)26-22-10-5-4-9-21(22)24/h4-13H,1-3H3,(H,26,28)/b19-13-. The fourth-order valence-electron chi connectivity index (χ4n) is 3.15. The molecule has 3 aromatic rings. The summed E-state index contributed by atoms with van der Waals surface area (Å²) >= 11 is 0. The van der Waals surface area contributed by atoms with Gasteiger partial charge in [-0.25, -0.2) is 4.39 Å². The molecule has 1 amide bonds. The third-order valence-electron chi connectivity index (χ3n) is 4.52. The van der Waals surface area contributed by atoms with Gasteiger partial charge in [-0.3, -0.25) is 4.79 Å².